The summed E-state index contributed by atoms with van der Waals surface area (Å²) in [7, 11) is -1.09. The van der Waals surface area contributed by atoms with Gasteiger partial charge in [0.15, 0.2) is 0 Å². The van der Waals surface area contributed by atoms with Crippen molar-refractivity contribution in [3.8, 4) is 0 Å². The van der Waals surface area contributed by atoms with Crippen LogP contribution in [0.15, 0.2) is 30.3 Å². The van der Waals surface area contributed by atoms with Crippen molar-refractivity contribution in [2.45, 2.75) is 6.54 Å². The van der Waals surface area contributed by atoms with E-state index in [4.69, 9.17) is 5.11 Å². The van der Waals surface area contributed by atoms with Crippen molar-refractivity contribution in [2.24, 2.45) is 0 Å². The number of benzene rings is 1. The molecule has 0 heterocycles. The van der Waals surface area contributed by atoms with E-state index in [1.54, 1.807) is 0 Å². The van der Waals surface area contributed by atoms with Crippen LogP contribution in [0.1, 0.15) is 5.56 Å². The molecule has 0 radical (unpaired) electrons. The maximum Gasteiger partial charge on any atom is 0.318 e. The monoisotopic (exact) mass is 272 g/mol. The number of likely N-dealkylation sites (N-methyl/N-ethyl adjacent to an activating group) is 1. The Kier molecular flexibility index (Phi) is 4.83. The Labute approximate surface area is 107 Å². The van der Waals surface area contributed by atoms with Gasteiger partial charge in [-0.15, -0.1) is 0 Å². The molecule has 0 bridgehead atoms. The Morgan fingerprint density at radius 1 is 1.17 bits per heavy atom. The van der Waals surface area contributed by atoms with Crippen molar-refractivity contribution in [1.82, 2.24) is 8.61 Å². The van der Waals surface area contributed by atoms with Crippen LogP contribution in [0.5, 0.6) is 0 Å². The zero-order chi connectivity index (χ0) is 13.8. The van der Waals surface area contributed by atoms with Crippen molar-refractivity contribution in [3.05, 3.63) is 35.9 Å². The highest BCUT2D eigenvalue weighted by Crippen LogP contribution is 2.09. The van der Waals surface area contributed by atoms with Crippen LogP contribution >= 0.6 is 0 Å². The summed E-state index contributed by atoms with van der Waals surface area (Å²) in [5.74, 6) is -1.19. The molecule has 18 heavy (non-hydrogen) atoms. The normalized spacial score (nSPS) is 12.0. The molecular weight excluding hydrogens is 256 g/mol. The van der Waals surface area contributed by atoms with Crippen LogP contribution in [0, 0.1) is 0 Å². The van der Waals surface area contributed by atoms with Gasteiger partial charge in [0.05, 0.1) is 0 Å². The Morgan fingerprint density at radius 3 is 2.22 bits per heavy atom. The van der Waals surface area contributed by atoms with Crippen molar-refractivity contribution in [1.29, 1.82) is 0 Å². The molecule has 0 saturated carbocycles. The number of hydrogen-bond acceptors (Lipinski definition) is 3. The van der Waals surface area contributed by atoms with Crippen molar-refractivity contribution < 1.29 is 18.3 Å². The van der Waals surface area contributed by atoms with E-state index in [0.29, 0.717) is 0 Å². The van der Waals surface area contributed by atoms with E-state index in [2.05, 4.69) is 0 Å². The summed E-state index contributed by atoms with van der Waals surface area (Å²) in [6, 6.07) is 9.09. The topological polar surface area (TPSA) is 77.9 Å². The highest BCUT2D eigenvalue weighted by Gasteiger charge is 2.25. The van der Waals surface area contributed by atoms with E-state index in [1.165, 1.54) is 14.1 Å². The third kappa shape index (κ3) is 3.80. The number of aliphatic carboxylic acids is 1. The molecule has 0 aromatic heterocycles. The molecule has 0 saturated heterocycles. The number of carboxylic acids is 1. The van der Waals surface area contributed by atoms with E-state index < -0.39 is 22.7 Å². The molecule has 0 aliphatic rings. The van der Waals surface area contributed by atoms with Gasteiger partial charge < -0.3 is 5.11 Å². The zero-order valence-electron chi connectivity index (χ0n) is 10.3. The minimum absolute atomic E-state index is 0.202. The molecule has 100 valence electrons. The molecule has 1 N–H and O–H groups in total. The molecule has 0 spiro atoms. The summed E-state index contributed by atoms with van der Waals surface area (Å²) >= 11 is 0. The van der Waals surface area contributed by atoms with Gasteiger partial charge >= 0.3 is 5.97 Å². The van der Waals surface area contributed by atoms with Crippen molar-refractivity contribution >= 4 is 16.2 Å². The van der Waals surface area contributed by atoms with E-state index in [9.17, 15) is 13.2 Å². The number of rotatable bonds is 6. The second-order valence-corrected chi connectivity index (χ2v) is 6.04. The van der Waals surface area contributed by atoms with E-state index in [1.807, 2.05) is 30.3 Å². The second kappa shape index (κ2) is 5.94. The first-order valence-corrected chi connectivity index (χ1v) is 6.67. The van der Waals surface area contributed by atoms with Crippen LogP contribution in [0.4, 0.5) is 0 Å². The third-order valence-electron chi connectivity index (χ3n) is 2.39. The fourth-order valence-corrected chi connectivity index (χ4v) is 2.49. The summed E-state index contributed by atoms with van der Waals surface area (Å²) in [5, 5.41) is 8.59. The molecule has 6 nitrogen and oxygen atoms in total. The molecule has 1 aromatic carbocycles. The SMILES string of the molecule is CN(CC(=O)O)S(=O)(=O)N(C)Cc1ccccc1. The molecule has 0 unspecified atom stereocenters. The van der Waals surface area contributed by atoms with Gasteiger partial charge in [-0.05, 0) is 5.56 Å². The fraction of sp³-hybridized carbons (Fsp3) is 0.364. The number of nitrogens with zero attached hydrogens (tertiary/aromatic N) is 2. The Morgan fingerprint density at radius 2 is 1.72 bits per heavy atom. The van der Waals surface area contributed by atoms with Gasteiger partial charge in [-0.1, -0.05) is 30.3 Å². The number of carbonyl (C=O) groups is 1. The van der Waals surface area contributed by atoms with Gasteiger partial charge in [0.1, 0.15) is 6.54 Å². The highest BCUT2D eigenvalue weighted by molar-refractivity contribution is 7.86. The smallest absolute Gasteiger partial charge is 0.318 e. The van der Waals surface area contributed by atoms with Gasteiger partial charge in [-0.25, -0.2) is 0 Å². The summed E-state index contributed by atoms with van der Waals surface area (Å²) in [6.45, 7) is -0.353. The minimum Gasteiger partial charge on any atom is -0.480 e. The molecule has 0 amide bonds. The molecule has 0 fully saturated rings. The highest BCUT2D eigenvalue weighted by atomic mass is 32.2. The van der Waals surface area contributed by atoms with Crippen LogP contribution in [0.25, 0.3) is 0 Å². The second-order valence-electron chi connectivity index (χ2n) is 3.90. The molecule has 1 aromatic rings. The van der Waals surface area contributed by atoms with Gasteiger partial charge in [-0.2, -0.15) is 17.0 Å². The predicted molar refractivity (Wildman–Crippen MR) is 67.1 cm³/mol. The van der Waals surface area contributed by atoms with Crippen LogP contribution in [-0.4, -0.2) is 48.7 Å². The first kappa shape index (κ1) is 14.6. The minimum atomic E-state index is -3.75. The average Bonchev–Trinajstić information content (AvgIpc) is 2.29. The maximum absolute atomic E-state index is 12.0. The molecule has 0 atom stereocenters. The van der Waals surface area contributed by atoms with Gasteiger partial charge in [0.2, 0.25) is 0 Å². The Hall–Kier alpha value is -1.44. The molecule has 1 rings (SSSR count). The lowest BCUT2D eigenvalue weighted by molar-refractivity contribution is -0.137. The number of hydrogen-bond donors (Lipinski definition) is 1. The largest absolute Gasteiger partial charge is 0.480 e. The van der Waals surface area contributed by atoms with E-state index in [-0.39, 0.29) is 6.54 Å². The van der Waals surface area contributed by atoms with E-state index >= 15 is 0 Å². The van der Waals surface area contributed by atoms with Crippen LogP contribution in [0.3, 0.4) is 0 Å². The first-order valence-electron chi connectivity index (χ1n) is 5.27. The van der Waals surface area contributed by atoms with Crippen LogP contribution in [0.2, 0.25) is 0 Å². The quantitative estimate of drug-likeness (QED) is 0.812. The van der Waals surface area contributed by atoms with Gasteiger partial charge in [0, 0.05) is 20.6 Å². The summed E-state index contributed by atoms with van der Waals surface area (Å²) < 4.78 is 25.8. The predicted octanol–water partition coefficient (Wildman–Crippen LogP) is 0.380. The lowest BCUT2D eigenvalue weighted by Gasteiger charge is -2.23. The lowest BCUT2D eigenvalue weighted by atomic mass is 10.2. The first-order chi connectivity index (χ1) is 8.34. The molecule has 7 heteroatoms. The lowest BCUT2D eigenvalue weighted by Crippen LogP contribution is -2.41. The third-order valence-corrected chi connectivity index (χ3v) is 4.23. The van der Waals surface area contributed by atoms with Gasteiger partial charge in [0.25, 0.3) is 10.2 Å². The number of carboxylic acid groups (broad SMARTS) is 1. The van der Waals surface area contributed by atoms with Crippen LogP contribution in [-0.2, 0) is 21.5 Å². The maximum atomic E-state index is 12.0. The van der Waals surface area contributed by atoms with Crippen molar-refractivity contribution in [3.63, 3.8) is 0 Å². The van der Waals surface area contributed by atoms with E-state index in [0.717, 1.165) is 14.2 Å². The van der Waals surface area contributed by atoms with Crippen LogP contribution < -0.4 is 0 Å². The Balaban J connectivity index is 2.76. The molecular formula is C11H16N2O4S. The summed E-state index contributed by atoms with van der Waals surface area (Å²) in [5.41, 5.74) is 0.840. The van der Waals surface area contributed by atoms with Gasteiger partial charge in [-0.3, -0.25) is 4.79 Å². The standard InChI is InChI=1S/C11H16N2O4S/c1-12(8-10-6-4-3-5-7-10)18(16,17)13(2)9-11(14)15/h3-7H,8-9H2,1-2H3,(H,14,15). The summed E-state index contributed by atoms with van der Waals surface area (Å²) in [4.78, 5) is 10.5. The fourth-order valence-electron chi connectivity index (χ4n) is 1.43. The summed E-state index contributed by atoms with van der Waals surface area (Å²) in [6.07, 6.45) is 0. The Bertz CT molecular complexity index is 501. The average molecular weight is 272 g/mol. The zero-order valence-corrected chi connectivity index (χ0v) is 11.1. The van der Waals surface area contributed by atoms with Crippen molar-refractivity contribution in [2.75, 3.05) is 20.6 Å². The molecule has 0 aliphatic heterocycles. The molecule has 0 aliphatic carbocycles.